The standard InChI is InChI=1S/C16H19ClN2O2/c1-16(2,3)19-15(20)21-13-10-18-14(17)9-12(13)8-7-11-5-4-6-11/h9-11H,4-6H2,1-3H3,(H,19,20). The first kappa shape index (κ1) is 15.7. The zero-order chi connectivity index (χ0) is 15.5. The van der Waals surface area contributed by atoms with Crippen LogP contribution in [0.25, 0.3) is 0 Å². The van der Waals surface area contributed by atoms with Gasteiger partial charge in [-0.25, -0.2) is 9.78 Å². The maximum atomic E-state index is 11.8. The summed E-state index contributed by atoms with van der Waals surface area (Å²) in [5.74, 6) is 6.99. The topological polar surface area (TPSA) is 51.2 Å². The molecule has 1 fully saturated rings. The third-order valence-electron chi connectivity index (χ3n) is 3.03. The van der Waals surface area contributed by atoms with Gasteiger partial charge in [-0.1, -0.05) is 29.9 Å². The fourth-order valence-electron chi connectivity index (χ4n) is 1.76. The van der Waals surface area contributed by atoms with Crippen molar-refractivity contribution in [2.75, 3.05) is 0 Å². The fraction of sp³-hybridized carbons (Fsp3) is 0.500. The molecule has 5 heteroatoms. The molecule has 1 aromatic rings. The Morgan fingerprint density at radius 1 is 1.48 bits per heavy atom. The molecule has 1 N–H and O–H groups in total. The van der Waals surface area contributed by atoms with Crippen LogP contribution in [0.15, 0.2) is 12.3 Å². The van der Waals surface area contributed by atoms with Crippen LogP contribution in [-0.4, -0.2) is 16.6 Å². The van der Waals surface area contributed by atoms with E-state index < -0.39 is 6.09 Å². The first-order chi connectivity index (χ1) is 9.83. The van der Waals surface area contributed by atoms with Gasteiger partial charge < -0.3 is 10.1 Å². The Kier molecular flexibility index (Phi) is 4.74. The first-order valence-electron chi connectivity index (χ1n) is 7.00. The summed E-state index contributed by atoms with van der Waals surface area (Å²) in [5.41, 5.74) is 0.222. The second-order valence-corrected chi connectivity index (χ2v) is 6.55. The monoisotopic (exact) mass is 306 g/mol. The van der Waals surface area contributed by atoms with Gasteiger partial charge in [0.1, 0.15) is 5.15 Å². The third-order valence-corrected chi connectivity index (χ3v) is 3.24. The van der Waals surface area contributed by atoms with Crippen molar-refractivity contribution in [1.82, 2.24) is 10.3 Å². The molecule has 21 heavy (non-hydrogen) atoms. The lowest BCUT2D eigenvalue weighted by Gasteiger charge is -2.20. The molecule has 0 saturated heterocycles. The number of carbonyl (C=O) groups is 1. The zero-order valence-electron chi connectivity index (χ0n) is 12.5. The molecule has 0 bridgehead atoms. The van der Waals surface area contributed by atoms with E-state index in [1.165, 1.54) is 12.6 Å². The normalized spacial score (nSPS) is 14.7. The van der Waals surface area contributed by atoms with Gasteiger partial charge in [0.25, 0.3) is 0 Å². The van der Waals surface area contributed by atoms with Crippen LogP contribution in [-0.2, 0) is 0 Å². The molecular formula is C16H19ClN2O2. The van der Waals surface area contributed by atoms with Crippen molar-refractivity contribution < 1.29 is 9.53 Å². The molecule has 0 unspecified atom stereocenters. The number of ether oxygens (including phenoxy) is 1. The molecule has 4 nitrogen and oxygen atoms in total. The lowest BCUT2D eigenvalue weighted by molar-refractivity contribution is 0.190. The van der Waals surface area contributed by atoms with Crippen LogP contribution in [0.4, 0.5) is 4.79 Å². The van der Waals surface area contributed by atoms with Gasteiger partial charge >= 0.3 is 6.09 Å². The van der Waals surface area contributed by atoms with Crippen LogP contribution < -0.4 is 10.1 Å². The SMILES string of the molecule is CC(C)(C)NC(=O)Oc1cnc(Cl)cc1C#CC1CCC1. The second kappa shape index (κ2) is 6.36. The Hall–Kier alpha value is -1.73. The number of aromatic nitrogens is 1. The number of halogens is 1. The molecule has 1 amide bonds. The minimum atomic E-state index is -0.529. The van der Waals surface area contributed by atoms with Crippen LogP contribution >= 0.6 is 11.6 Å². The summed E-state index contributed by atoms with van der Waals surface area (Å²) in [6.45, 7) is 5.64. The number of amides is 1. The molecule has 0 atom stereocenters. The minimum absolute atomic E-state index is 0.327. The first-order valence-corrected chi connectivity index (χ1v) is 7.38. The van der Waals surface area contributed by atoms with E-state index >= 15 is 0 Å². The summed E-state index contributed by atoms with van der Waals surface area (Å²) >= 11 is 5.89. The molecule has 1 aliphatic carbocycles. The average Bonchev–Trinajstić information content (AvgIpc) is 2.28. The Balaban J connectivity index is 2.14. The quantitative estimate of drug-likeness (QED) is 0.634. The fourth-order valence-corrected chi connectivity index (χ4v) is 1.92. The number of nitrogens with zero attached hydrogens (tertiary/aromatic N) is 1. The molecular weight excluding hydrogens is 288 g/mol. The summed E-state index contributed by atoms with van der Waals surface area (Å²) < 4.78 is 5.29. The summed E-state index contributed by atoms with van der Waals surface area (Å²) in [5, 5.41) is 3.06. The van der Waals surface area contributed by atoms with Crippen LogP contribution in [0.5, 0.6) is 5.75 Å². The number of nitrogens with one attached hydrogen (secondary N) is 1. The molecule has 2 rings (SSSR count). The van der Waals surface area contributed by atoms with E-state index in [9.17, 15) is 4.79 Å². The van der Waals surface area contributed by atoms with Gasteiger partial charge in [-0.15, -0.1) is 0 Å². The molecule has 1 heterocycles. The number of pyridine rings is 1. The lowest BCUT2D eigenvalue weighted by Crippen LogP contribution is -2.42. The molecule has 0 aromatic carbocycles. The van der Waals surface area contributed by atoms with Gasteiger partial charge in [0.05, 0.1) is 11.8 Å². The molecule has 1 aromatic heterocycles. The zero-order valence-corrected chi connectivity index (χ0v) is 13.3. The van der Waals surface area contributed by atoms with Gasteiger partial charge in [-0.3, -0.25) is 0 Å². The highest BCUT2D eigenvalue weighted by Gasteiger charge is 2.17. The summed E-state index contributed by atoms with van der Waals surface area (Å²) in [4.78, 5) is 15.8. The van der Waals surface area contributed by atoms with Crippen molar-refractivity contribution in [2.45, 2.75) is 45.6 Å². The van der Waals surface area contributed by atoms with Crippen LogP contribution in [0.1, 0.15) is 45.6 Å². The van der Waals surface area contributed by atoms with Crippen molar-refractivity contribution in [3.05, 3.63) is 23.0 Å². The van der Waals surface area contributed by atoms with E-state index in [1.54, 1.807) is 6.07 Å². The predicted molar refractivity (Wildman–Crippen MR) is 82.4 cm³/mol. The number of rotatable bonds is 1. The summed E-state index contributed by atoms with van der Waals surface area (Å²) in [6.07, 6.45) is 4.39. The maximum absolute atomic E-state index is 11.8. The Morgan fingerprint density at radius 3 is 2.76 bits per heavy atom. The maximum Gasteiger partial charge on any atom is 0.413 e. The predicted octanol–water partition coefficient (Wildman–Crippen LogP) is 3.77. The van der Waals surface area contributed by atoms with Crippen molar-refractivity contribution in [3.63, 3.8) is 0 Å². The van der Waals surface area contributed by atoms with Crippen molar-refractivity contribution >= 4 is 17.7 Å². The van der Waals surface area contributed by atoms with Crippen molar-refractivity contribution in [1.29, 1.82) is 0 Å². The molecule has 1 aliphatic rings. The highest BCUT2D eigenvalue weighted by Crippen LogP contribution is 2.26. The van der Waals surface area contributed by atoms with Crippen molar-refractivity contribution in [3.8, 4) is 17.6 Å². The highest BCUT2D eigenvalue weighted by atomic mass is 35.5. The van der Waals surface area contributed by atoms with Crippen molar-refractivity contribution in [2.24, 2.45) is 5.92 Å². The minimum Gasteiger partial charge on any atom is -0.407 e. The van der Waals surface area contributed by atoms with E-state index in [1.807, 2.05) is 20.8 Å². The lowest BCUT2D eigenvalue weighted by atomic mass is 9.86. The summed E-state index contributed by atoms with van der Waals surface area (Å²) in [7, 11) is 0. The number of carbonyl (C=O) groups excluding carboxylic acids is 1. The average molecular weight is 307 g/mol. The van der Waals surface area contributed by atoms with E-state index in [-0.39, 0.29) is 5.54 Å². The van der Waals surface area contributed by atoms with Gasteiger partial charge in [-0.05, 0) is 39.7 Å². The van der Waals surface area contributed by atoms with Crippen LogP contribution in [0, 0.1) is 17.8 Å². The molecule has 0 spiro atoms. The molecule has 112 valence electrons. The highest BCUT2D eigenvalue weighted by molar-refractivity contribution is 6.29. The van der Waals surface area contributed by atoms with Crippen LogP contribution in [0.3, 0.4) is 0 Å². The smallest absolute Gasteiger partial charge is 0.407 e. The van der Waals surface area contributed by atoms with E-state index in [2.05, 4.69) is 22.1 Å². The number of hydrogen-bond donors (Lipinski definition) is 1. The van der Waals surface area contributed by atoms with Gasteiger partial charge in [0, 0.05) is 11.5 Å². The molecule has 0 radical (unpaired) electrons. The van der Waals surface area contributed by atoms with Crippen LogP contribution in [0.2, 0.25) is 5.15 Å². The summed E-state index contributed by atoms with van der Waals surface area (Å²) in [6, 6.07) is 1.62. The van der Waals surface area contributed by atoms with Gasteiger partial charge in [0.2, 0.25) is 0 Å². The van der Waals surface area contributed by atoms with E-state index in [0.29, 0.717) is 22.4 Å². The van der Waals surface area contributed by atoms with E-state index in [0.717, 1.165) is 12.8 Å². The third kappa shape index (κ3) is 4.95. The largest absolute Gasteiger partial charge is 0.413 e. The second-order valence-electron chi connectivity index (χ2n) is 6.16. The molecule has 1 saturated carbocycles. The van der Waals surface area contributed by atoms with E-state index in [4.69, 9.17) is 16.3 Å². The Labute approximate surface area is 130 Å². The van der Waals surface area contributed by atoms with Gasteiger partial charge in [0.15, 0.2) is 5.75 Å². The Morgan fingerprint density at radius 2 is 2.19 bits per heavy atom. The molecule has 0 aliphatic heterocycles. The number of hydrogen-bond acceptors (Lipinski definition) is 3. The Bertz CT molecular complexity index is 593. The van der Waals surface area contributed by atoms with Gasteiger partial charge in [-0.2, -0.15) is 0 Å².